The van der Waals surface area contributed by atoms with Crippen LogP contribution in [0.1, 0.15) is 0 Å². The number of benzene rings is 1. The number of methoxy groups -OCH3 is 1. The van der Waals surface area contributed by atoms with Crippen LogP contribution in [0.4, 0.5) is 0 Å². The van der Waals surface area contributed by atoms with Crippen LogP contribution in [-0.4, -0.2) is 22.2 Å². The summed E-state index contributed by atoms with van der Waals surface area (Å²) in [4.78, 5) is 6.93. The number of rotatable bonds is 1. The SMILES string of the molecule is COc1c(O)ccc2[nH]cnc12. The summed E-state index contributed by atoms with van der Waals surface area (Å²) in [7, 11) is 1.50. The van der Waals surface area contributed by atoms with E-state index in [1.165, 1.54) is 7.11 Å². The maximum Gasteiger partial charge on any atom is 0.188 e. The van der Waals surface area contributed by atoms with Crippen LogP contribution in [0, 0.1) is 0 Å². The molecule has 0 saturated carbocycles. The van der Waals surface area contributed by atoms with Gasteiger partial charge in [-0.1, -0.05) is 0 Å². The number of hydrogen-bond donors (Lipinski definition) is 2. The van der Waals surface area contributed by atoms with Gasteiger partial charge in [0.1, 0.15) is 5.52 Å². The Morgan fingerprint density at radius 1 is 1.50 bits per heavy atom. The van der Waals surface area contributed by atoms with E-state index in [1.807, 2.05) is 0 Å². The third-order valence-electron chi connectivity index (χ3n) is 1.73. The van der Waals surface area contributed by atoms with E-state index in [2.05, 4.69) is 9.97 Å². The zero-order chi connectivity index (χ0) is 8.55. The molecule has 0 spiro atoms. The molecule has 0 aliphatic carbocycles. The summed E-state index contributed by atoms with van der Waals surface area (Å²) >= 11 is 0. The number of imidazole rings is 1. The first-order valence-corrected chi connectivity index (χ1v) is 3.52. The van der Waals surface area contributed by atoms with Crippen LogP contribution >= 0.6 is 0 Å². The zero-order valence-corrected chi connectivity index (χ0v) is 6.53. The number of hydrogen-bond acceptors (Lipinski definition) is 3. The highest BCUT2D eigenvalue weighted by atomic mass is 16.5. The van der Waals surface area contributed by atoms with Gasteiger partial charge in [-0.3, -0.25) is 0 Å². The van der Waals surface area contributed by atoms with E-state index in [-0.39, 0.29) is 5.75 Å². The molecule has 0 fully saturated rings. The van der Waals surface area contributed by atoms with Gasteiger partial charge in [0.25, 0.3) is 0 Å². The normalized spacial score (nSPS) is 10.4. The molecule has 1 aromatic carbocycles. The average molecular weight is 164 g/mol. The molecule has 0 atom stereocenters. The lowest BCUT2D eigenvalue weighted by Crippen LogP contribution is -1.84. The van der Waals surface area contributed by atoms with Gasteiger partial charge in [0.15, 0.2) is 11.5 Å². The monoisotopic (exact) mass is 164 g/mol. The number of fused-ring (bicyclic) bond motifs is 1. The molecule has 1 heterocycles. The lowest BCUT2D eigenvalue weighted by Gasteiger charge is -2.02. The van der Waals surface area contributed by atoms with E-state index < -0.39 is 0 Å². The molecule has 12 heavy (non-hydrogen) atoms. The Morgan fingerprint density at radius 3 is 3.08 bits per heavy atom. The molecule has 0 bridgehead atoms. The van der Waals surface area contributed by atoms with Gasteiger partial charge in [-0.2, -0.15) is 0 Å². The molecular weight excluding hydrogens is 156 g/mol. The van der Waals surface area contributed by atoms with Gasteiger partial charge in [-0.15, -0.1) is 0 Å². The molecule has 0 aliphatic heterocycles. The predicted molar refractivity (Wildman–Crippen MR) is 44.3 cm³/mol. The lowest BCUT2D eigenvalue weighted by molar-refractivity contribution is 0.377. The summed E-state index contributed by atoms with van der Waals surface area (Å²) in [6.45, 7) is 0. The predicted octanol–water partition coefficient (Wildman–Crippen LogP) is 1.28. The number of phenolic OH excluding ortho intramolecular Hbond substituents is 1. The molecule has 4 nitrogen and oxygen atoms in total. The smallest absolute Gasteiger partial charge is 0.188 e. The van der Waals surface area contributed by atoms with Gasteiger partial charge < -0.3 is 14.8 Å². The number of nitrogens with zero attached hydrogens (tertiary/aromatic N) is 1. The topological polar surface area (TPSA) is 58.1 Å². The average Bonchev–Trinajstić information content (AvgIpc) is 2.52. The number of aromatic hydroxyl groups is 1. The maximum absolute atomic E-state index is 9.35. The van der Waals surface area contributed by atoms with E-state index in [9.17, 15) is 5.11 Å². The Kier molecular flexibility index (Phi) is 1.40. The highest BCUT2D eigenvalue weighted by Crippen LogP contribution is 2.31. The van der Waals surface area contributed by atoms with E-state index in [0.717, 1.165) is 5.52 Å². The van der Waals surface area contributed by atoms with Crippen molar-refractivity contribution in [3.8, 4) is 11.5 Å². The highest BCUT2D eigenvalue weighted by molar-refractivity contribution is 5.84. The summed E-state index contributed by atoms with van der Waals surface area (Å²) < 4.78 is 4.98. The Labute approximate surface area is 68.8 Å². The van der Waals surface area contributed by atoms with E-state index in [0.29, 0.717) is 11.3 Å². The largest absolute Gasteiger partial charge is 0.504 e. The Bertz CT molecular complexity index is 408. The molecular formula is C8H8N2O2. The van der Waals surface area contributed by atoms with Crippen molar-refractivity contribution in [2.75, 3.05) is 7.11 Å². The molecule has 0 saturated heterocycles. The molecule has 0 amide bonds. The minimum absolute atomic E-state index is 0.108. The zero-order valence-electron chi connectivity index (χ0n) is 6.53. The molecule has 2 N–H and O–H groups in total. The molecule has 0 aliphatic rings. The van der Waals surface area contributed by atoms with Crippen molar-refractivity contribution in [2.45, 2.75) is 0 Å². The molecule has 4 heteroatoms. The Balaban J connectivity index is 2.83. The highest BCUT2D eigenvalue weighted by Gasteiger charge is 2.07. The number of nitrogens with one attached hydrogen (secondary N) is 1. The Morgan fingerprint density at radius 2 is 2.33 bits per heavy atom. The number of aromatic nitrogens is 2. The first-order valence-electron chi connectivity index (χ1n) is 3.52. The van der Waals surface area contributed by atoms with Crippen LogP contribution in [-0.2, 0) is 0 Å². The van der Waals surface area contributed by atoms with Crippen LogP contribution in [0.5, 0.6) is 11.5 Å². The standard InChI is InChI=1S/C8H8N2O2/c1-12-8-6(11)3-2-5-7(8)10-4-9-5/h2-4,11H,1H3,(H,9,10). The second-order valence-electron chi connectivity index (χ2n) is 2.42. The van der Waals surface area contributed by atoms with Crippen LogP contribution in [0.3, 0.4) is 0 Å². The molecule has 2 aromatic rings. The summed E-state index contributed by atoms with van der Waals surface area (Å²) in [6.07, 6.45) is 1.56. The van der Waals surface area contributed by atoms with Gasteiger partial charge in [0.2, 0.25) is 0 Å². The van der Waals surface area contributed by atoms with Crippen molar-refractivity contribution in [2.24, 2.45) is 0 Å². The summed E-state index contributed by atoms with van der Waals surface area (Å²) in [5, 5.41) is 9.35. The first kappa shape index (κ1) is 6.97. The third-order valence-corrected chi connectivity index (χ3v) is 1.73. The van der Waals surface area contributed by atoms with E-state index in [1.54, 1.807) is 18.5 Å². The fourth-order valence-electron chi connectivity index (χ4n) is 1.17. The second-order valence-corrected chi connectivity index (χ2v) is 2.42. The van der Waals surface area contributed by atoms with Crippen LogP contribution in [0.15, 0.2) is 18.5 Å². The molecule has 1 aromatic heterocycles. The van der Waals surface area contributed by atoms with Crippen LogP contribution in [0.25, 0.3) is 11.0 Å². The number of aromatic amines is 1. The van der Waals surface area contributed by atoms with Gasteiger partial charge in [0, 0.05) is 0 Å². The van der Waals surface area contributed by atoms with Crippen LogP contribution < -0.4 is 4.74 Å². The molecule has 0 unspecified atom stereocenters. The fraction of sp³-hybridized carbons (Fsp3) is 0.125. The van der Waals surface area contributed by atoms with Crippen molar-refractivity contribution >= 4 is 11.0 Å². The quantitative estimate of drug-likeness (QED) is 0.667. The van der Waals surface area contributed by atoms with Gasteiger partial charge in [-0.05, 0) is 12.1 Å². The van der Waals surface area contributed by atoms with Crippen molar-refractivity contribution in [1.82, 2.24) is 9.97 Å². The summed E-state index contributed by atoms with van der Waals surface area (Å²) in [5.41, 5.74) is 1.50. The number of ether oxygens (including phenoxy) is 1. The summed E-state index contributed by atoms with van der Waals surface area (Å²) in [6, 6.07) is 3.32. The van der Waals surface area contributed by atoms with Crippen molar-refractivity contribution in [3.63, 3.8) is 0 Å². The Hall–Kier alpha value is -1.71. The molecule has 62 valence electrons. The van der Waals surface area contributed by atoms with Crippen LogP contribution in [0.2, 0.25) is 0 Å². The van der Waals surface area contributed by atoms with Gasteiger partial charge in [-0.25, -0.2) is 4.98 Å². The lowest BCUT2D eigenvalue weighted by atomic mass is 10.3. The molecule has 2 rings (SSSR count). The maximum atomic E-state index is 9.35. The van der Waals surface area contributed by atoms with Crippen molar-refractivity contribution in [1.29, 1.82) is 0 Å². The number of phenols is 1. The number of H-pyrrole nitrogens is 1. The van der Waals surface area contributed by atoms with Gasteiger partial charge in [0.05, 0.1) is 19.0 Å². The van der Waals surface area contributed by atoms with E-state index in [4.69, 9.17) is 4.74 Å². The van der Waals surface area contributed by atoms with Crippen molar-refractivity contribution < 1.29 is 9.84 Å². The minimum Gasteiger partial charge on any atom is -0.504 e. The minimum atomic E-state index is 0.108. The van der Waals surface area contributed by atoms with E-state index >= 15 is 0 Å². The van der Waals surface area contributed by atoms with Gasteiger partial charge >= 0.3 is 0 Å². The molecule has 0 radical (unpaired) electrons. The second kappa shape index (κ2) is 2.41. The fourth-order valence-corrected chi connectivity index (χ4v) is 1.17. The first-order chi connectivity index (χ1) is 5.83. The van der Waals surface area contributed by atoms with Crippen molar-refractivity contribution in [3.05, 3.63) is 18.5 Å². The summed E-state index contributed by atoms with van der Waals surface area (Å²) in [5.74, 6) is 0.519. The third kappa shape index (κ3) is 0.812.